The third-order valence-electron chi connectivity index (χ3n) is 2.37. The molecule has 0 radical (unpaired) electrons. The molecule has 0 amide bonds. The van der Waals surface area contributed by atoms with Gasteiger partial charge in [-0.15, -0.1) is 0 Å². The zero-order valence-electron chi connectivity index (χ0n) is 8.13. The maximum atomic E-state index is 13.8. The highest BCUT2D eigenvalue weighted by Gasteiger charge is 2.38. The second kappa shape index (κ2) is 4.40. The van der Waals surface area contributed by atoms with Gasteiger partial charge in [-0.2, -0.15) is 0 Å². The maximum Gasteiger partial charge on any atom is 0.173 e. The van der Waals surface area contributed by atoms with Gasteiger partial charge in [0.2, 0.25) is 0 Å². The van der Waals surface area contributed by atoms with Gasteiger partial charge in [0.05, 0.1) is 5.03 Å². The van der Waals surface area contributed by atoms with Gasteiger partial charge in [0.15, 0.2) is 10.5 Å². The number of hydrogen-bond acceptors (Lipinski definition) is 0. The van der Waals surface area contributed by atoms with Gasteiger partial charge >= 0.3 is 0 Å². The quantitative estimate of drug-likeness (QED) is 0.652. The minimum atomic E-state index is -1.60. The third kappa shape index (κ3) is 2.13. The summed E-state index contributed by atoms with van der Waals surface area (Å²) >= 11 is 17.4. The van der Waals surface area contributed by atoms with E-state index in [2.05, 4.69) is 0 Å². The molecule has 1 atom stereocenters. The fourth-order valence-corrected chi connectivity index (χ4v) is 2.32. The average molecular weight is 278 g/mol. The molecular formula is C12H8Cl3F. The summed E-state index contributed by atoms with van der Waals surface area (Å²) in [5, 5.41) is 0.0405. The smallest absolute Gasteiger partial charge is 0.173 e. The van der Waals surface area contributed by atoms with Crippen LogP contribution in [0.4, 0.5) is 4.39 Å². The van der Waals surface area contributed by atoms with E-state index in [1.54, 1.807) is 6.08 Å². The maximum absolute atomic E-state index is 13.8. The molecule has 0 saturated carbocycles. The molecule has 1 unspecified atom stereocenters. The van der Waals surface area contributed by atoms with E-state index >= 15 is 0 Å². The third-order valence-corrected chi connectivity index (χ3v) is 3.41. The lowest BCUT2D eigenvalue weighted by Gasteiger charge is -2.25. The topological polar surface area (TPSA) is 0 Å². The normalized spacial score (nSPS) is 23.6. The fraction of sp³-hybridized carbons (Fsp3) is 0.167. The number of benzene rings is 1. The molecule has 84 valence electrons. The van der Waals surface area contributed by atoms with Gasteiger partial charge in [0.1, 0.15) is 0 Å². The largest absolute Gasteiger partial charge is 0.238 e. The highest BCUT2D eigenvalue weighted by atomic mass is 35.5. The number of allylic oxidation sites excluding steroid dienone is 4. The minimum absolute atomic E-state index is 0.0405. The molecular weight excluding hydrogens is 269 g/mol. The molecule has 0 nitrogen and oxygen atoms in total. The second-order valence-corrected chi connectivity index (χ2v) is 5.35. The Morgan fingerprint density at radius 3 is 2.38 bits per heavy atom. The summed E-state index contributed by atoms with van der Waals surface area (Å²) in [6.07, 6.45) is 1.46. The van der Waals surface area contributed by atoms with Crippen LogP contribution in [0, 0.1) is 0 Å². The van der Waals surface area contributed by atoms with Crippen molar-refractivity contribution < 1.29 is 4.39 Å². The van der Waals surface area contributed by atoms with Crippen molar-refractivity contribution in [1.29, 1.82) is 0 Å². The van der Waals surface area contributed by atoms with Gasteiger partial charge in [0, 0.05) is 0 Å². The van der Waals surface area contributed by atoms with E-state index in [1.807, 2.05) is 30.3 Å². The Morgan fingerprint density at radius 2 is 1.75 bits per heavy atom. The molecule has 1 aliphatic carbocycles. The molecule has 1 aromatic carbocycles. The lowest BCUT2D eigenvalue weighted by molar-refractivity contribution is 0.382. The molecule has 2 rings (SSSR count). The Bertz CT molecular complexity index is 449. The molecule has 1 aromatic rings. The predicted molar refractivity (Wildman–Crippen MR) is 67.7 cm³/mol. The summed E-state index contributed by atoms with van der Waals surface area (Å²) in [5.41, 5.74) is 1.46. The first-order valence-electron chi connectivity index (χ1n) is 4.68. The van der Waals surface area contributed by atoms with E-state index in [4.69, 9.17) is 34.8 Å². The molecule has 0 fully saturated rings. The highest BCUT2D eigenvalue weighted by molar-refractivity contribution is 6.52. The lowest BCUT2D eigenvalue weighted by atomic mass is 9.98. The zero-order valence-corrected chi connectivity index (χ0v) is 10.4. The summed E-state index contributed by atoms with van der Waals surface area (Å²) in [7, 11) is 0. The molecule has 0 saturated heterocycles. The number of rotatable bonds is 1. The van der Waals surface area contributed by atoms with Crippen molar-refractivity contribution in [2.24, 2.45) is 0 Å². The van der Waals surface area contributed by atoms with Gasteiger partial charge in [-0.3, -0.25) is 0 Å². The van der Waals surface area contributed by atoms with Crippen LogP contribution in [0.15, 0.2) is 47.5 Å². The molecule has 0 N–H and O–H groups in total. The summed E-state index contributed by atoms with van der Waals surface area (Å²) in [4.78, 5) is 0. The van der Waals surface area contributed by atoms with Crippen molar-refractivity contribution in [3.05, 3.63) is 53.1 Å². The van der Waals surface area contributed by atoms with Crippen molar-refractivity contribution in [2.75, 3.05) is 0 Å². The summed E-state index contributed by atoms with van der Waals surface area (Å²) in [6.45, 7) is 0. The monoisotopic (exact) mass is 276 g/mol. The van der Waals surface area contributed by atoms with Gasteiger partial charge in [0.25, 0.3) is 0 Å². The van der Waals surface area contributed by atoms with Crippen LogP contribution in [0.2, 0.25) is 0 Å². The Kier molecular flexibility index (Phi) is 3.29. The van der Waals surface area contributed by atoms with Crippen molar-refractivity contribution in [3.63, 3.8) is 0 Å². The fourth-order valence-electron chi connectivity index (χ4n) is 1.52. The molecule has 4 heteroatoms. The summed E-state index contributed by atoms with van der Waals surface area (Å²) in [5.74, 6) is 0. The van der Waals surface area contributed by atoms with Crippen molar-refractivity contribution in [1.82, 2.24) is 0 Å². The molecule has 0 heterocycles. The van der Waals surface area contributed by atoms with Crippen LogP contribution in [-0.2, 0) is 0 Å². The van der Waals surface area contributed by atoms with Gasteiger partial charge in [-0.25, -0.2) is 4.39 Å². The van der Waals surface area contributed by atoms with Crippen LogP contribution in [0.25, 0.3) is 5.57 Å². The molecule has 0 spiro atoms. The number of halogens is 4. The zero-order chi connectivity index (χ0) is 11.8. The summed E-state index contributed by atoms with van der Waals surface area (Å²) < 4.78 is 12.2. The molecule has 0 aliphatic heterocycles. The Balaban J connectivity index is 2.45. The molecule has 0 bridgehead atoms. The highest BCUT2D eigenvalue weighted by Crippen LogP contribution is 2.42. The second-order valence-electron chi connectivity index (χ2n) is 3.50. The Labute approximate surface area is 108 Å². The van der Waals surface area contributed by atoms with E-state index in [0.717, 1.165) is 5.56 Å². The van der Waals surface area contributed by atoms with Crippen molar-refractivity contribution in [2.45, 2.75) is 10.5 Å². The van der Waals surface area contributed by atoms with Crippen molar-refractivity contribution >= 4 is 40.4 Å². The van der Waals surface area contributed by atoms with E-state index in [0.29, 0.717) is 5.57 Å². The van der Waals surface area contributed by atoms with Gasteiger partial charge in [-0.1, -0.05) is 71.2 Å². The van der Waals surface area contributed by atoms with E-state index in [-0.39, 0.29) is 5.03 Å². The molecule has 1 aliphatic rings. The van der Waals surface area contributed by atoms with Crippen LogP contribution >= 0.6 is 34.8 Å². The number of alkyl halides is 3. The predicted octanol–water partition coefficient (Wildman–Crippen LogP) is 4.72. The van der Waals surface area contributed by atoms with Crippen molar-refractivity contribution in [3.8, 4) is 0 Å². The Morgan fingerprint density at radius 1 is 1.12 bits per heavy atom. The number of hydrogen-bond donors (Lipinski definition) is 0. The minimum Gasteiger partial charge on any atom is -0.238 e. The first-order chi connectivity index (χ1) is 7.52. The standard InChI is InChI=1S/C12H8Cl3F/c13-10-9(8-4-2-1-3-5-8)6-7-12(14,15)11(10)16/h1-7,11H. The first kappa shape index (κ1) is 12.0. The summed E-state index contributed by atoms with van der Waals surface area (Å²) in [6, 6.07) is 9.30. The SMILES string of the molecule is FC1C(Cl)=C(c2ccccc2)C=CC1(Cl)Cl. The molecule has 16 heavy (non-hydrogen) atoms. The Hall–Kier alpha value is -0.500. The van der Waals surface area contributed by atoms with E-state index in [1.165, 1.54) is 6.08 Å². The average Bonchev–Trinajstić information content (AvgIpc) is 2.27. The van der Waals surface area contributed by atoms with Crippen LogP contribution in [0.5, 0.6) is 0 Å². The lowest BCUT2D eigenvalue weighted by Crippen LogP contribution is -2.28. The van der Waals surface area contributed by atoms with Gasteiger partial charge < -0.3 is 0 Å². The first-order valence-corrected chi connectivity index (χ1v) is 5.82. The van der Waals surface area contributed by atoms with Crippen LogP contribution in [0.1, 0.15) is 5.56 Å². The van der Waals surface area contributed by atoms with Crippen LogP contribution < -0.4 is 0 Å². The van der Waals surface area contributed by atoms with E-state index in [9.17, 15) is 4.39 Å². The van der Waals surface area contributed by atoms with Crippen LogP contribution in [-0.4, -0.2) is 10.5 Å². The van der Waals surface area contributed by atoms with E-state index < -0.39 is 10.5 Å². The molecule has 0 aromatic heterocycles. The van der Waals surface area contributed by atoms with Gasteiger partial charge in [-0.05, 0) is 17.2 Å². The van der Waals surface area contributed by atoms with Crippen LogP contribution in [0.3, 0.4) is 0 Å².